The Labute approximate surface area is 134 Å². The van der Waals surface area contributed by atoms with Crippen LogP contribution in [0.2, 0.25) is 10.0 Å². The molecular weight excluding hydrogens is 307 g/mol. The number of hydrogen-bond acceptors (Lipinski definition) is 2. The Morgan fingerprint density at radius 2 is 1.86 bits per heavy atom. The van der Waals surface area contributed by atoms with E-state index in [2.05, 4.69) is 5.32 Å². The molecule has 0 heterocycles. The van der Waals surface area contributed by atoms with E-state index in [1.807, 2.05) is 30.3 Å². The Hall–Kier alpha value is -1.55. The van der Waals surface area contributed by atoms with Crippen molar-refractivity contribution in [3.05, 3.63) is 69.7 Å². The first-order chi connectivity index (χ1) is 10.1. The summed E-state index contributed by atoms with van der Waals surface area (Å²) in [5.41, 5.74) is 7.54. The highest BCUT2D eigenvalue weighted by Gasteiger charge is 2.11. The normalized spacial score (nSPS) is 12.0. The van der Waals surface area contributed by atoms with Crippen molar-refractivity contribution < 1.29 is 4.79 Å². The molecule has 0 spiro atoms. The topological polar surface area (TPSA) is 55.1 Å². The van der Waals surface area contributed by atoms with Gasteiger partial charge in [-0.15, -0.1) is 0 Å². The molecule has 2 rings (SSSR count). The molecule has 3 nitrogen and oxygen atoms in total. The molecule has 0 aliphatic carbocycles. The molecule has 0 saturated heterocycles. The molecule has 3 N–H and O–H groups in total. The highest BCUT2D eigenvalue weighted by atomic mass is 35.5. The summed E-state index contributed by atoms with van der Waals surface area (Å²) in [6, 6.07) is 14.5. The van der Waals surface area contributed by atoms with Crippen LogP contribution in [0, 0.1) is 0 Å². The van der Waals surface area contributed by atoms with E-state index in [1.54, 1.807) is 18.2 Å². The van der Waals surface area contributed by atoms with E-state index in [4.69, 9.17) is 28.9 Å². The van der Waals surface area contributed by atoms with E-state index in [0.717, 1.165) is 5.56 Å². The number of carbonyl (C=O) groups excluding carboxylic acids is 1. The lowest BCUT2D eigenvalue weighted by Gasteiger charge is -2.13. The minimum Gasteiger partial charge on any atom is -0.352 e. The molecule has 2 aromatic rings. The quantitative estimate of drug-likeness (QED) is 0.879. The first-order valence-electron chi connectivity index (χ1n) is 6.61. The second-order valence-electron chi connectivity index (χ2n) is 4.69. The maximum absolute atomic E-state index is 12.0. The Bertz CT molecular complexity index is 617. The summed E-state index contributed by atoms with van der Waals surface area (Å²) in [7, 11) is 0. The van der Waals surface area contributed by atoms with Crippen LogP contribution in [-0.2, 0) is 0 Å². The second-order valence-corrected chi connectivity index (χ2v) is 5.53. The molecule has 0 saturated carbocycles. The van der Waals surface area contributed by atoms with Gasteiger partial charge in [0, 0.05) is 17.6 Å². The predicted octanol–water partition coefficient (Wildman–Crippen LogP) is 3.81. The summed E-state index contributed by atoms with van der Waals surface area (Å²) in [5, 5.41) is 3.66. The largest absolute Gasteiger partial charge is 0.352 e. The molecule has 5 heteroatoms. The Morgan fingerprint density at radius 1 is 1.14 bits per heavy atom. The van der Waals surface area contributed by atoms with Crippen LogP contribution in [0.4, 0.5) is 0 Å². The first-order valence-corrected chi connectivity index (χ1v) is 7.37. The number of hydrogen-bond donors (Lipinski definition) is 2. The summed E-state index contributed by atoms with van der Waals surface area (Å²) in [6.45, 7) is 0.480. The SMILES string of the molecule is NC(CCNC(=O)c1ccc(Cl)cc1Cl)c1ccccc1. The predicted molar refractivity (Wildman–Crippen MR) is 86.8 cm³/mol. The second kappa shape index (κ2) is 7.46. The van der Waals surface area contributed by atoms with Crippen LogP contribution in [0.15, 0.2) is 48.5 Å². The number of nitrogens with two attached hydrogens (primary N) is 1. The maximum atomic E-state index is 12.0. The Balaban J connectivity index is 1.87. The molecule has 0 radical (unpaired) electrons. The summed E-state index contributed by atoms with van der Waals surface area (Å²) in [6.07, 6.45) is 0.654. The average molecular weight is 323 g/mol. The van der Waals surface area contributed by atoms with Crippen LogP contribution in [0.25, 0.3) is 0 Å². The zero-order valence-electron chi connectivity index (χ0n) is 11.4. The molecule has 0 aliphatic heterocycles. The van der Waals surface area contributed by atoms with Gasteiger partial charge in [0.1, 0.15) is 0 Å². The third-order valence-corrected chi connectivity index (χ3v) is 3.69. The number of rotatable bonds is 5. The number of halogens is 2. The van der Waals surface area contributed by atoms with Gasteiger partial charge in [0.2, 0.25) is 0 Å². The van der Waals surface area contributed by atoms with Crippen molar-refractivity contribution in [3.63, 3.8) is 0 Å². The van der Waals surface area contributed by atoms with Gasteiger partial charge >= 0.3 is 0 Å². The summed E-state index contributed by atoms with van der Waals surface area (Å²) in [4.78, 5) is 12.0. The average Bonchev–Trinajstić information content (AvgIpc) is 2.47. The van der Waals surface area contributed by atoms with E-state index < -0.39 is 0 Å². The minimum absolute atomic E-state index is 0.104. The van der Waals surface area contributed by atoms with Gasteiger partial charge in [0.25, 0.3) is 5.91 Å². The van der Waals surface area contributed by atoms with E-state index in [1.165, 1.54) is 0 Å². The number of amides is 1. The number of nitrogens with one attached hydrogen (secondary N) is 1. The van der Waals surface area contributed by atoms with Gasteiger partial charge in [-0.05, 0) is 30.2 Å². The van der Waals surface area contributed by atoms with Gasteiger partial charge in [-0.1, -0.05) is 53.5 Å². The summed E-state index contributed by atoms with van der Waals surface area (Å²) in [5.74, 6) is -0.225. The molecule has 0 aromatic heterocycles. The van der Waals surface area contributed by atoms with E-state index in [-0.39, 0.29) is 11.9 Å². The molecule has 1 unspecified atom stereocenters. The van der Waals surface area contributed by atoms with E-state index in [9.17, 15) is 4.79 Å². The molecule has 1 atom stereocenters. The molecule has 0 aliphatic rings. The third-order valence-electron chi connectivity index (χ3n) is 3.14. The van der Waals surface area contributed by atoms with Crippen molar-refractivity contribution in [2.24, 2.45) is 5.73 Å². The van der Waals surface area contributed by atoms with Gasteiger partial charge in [0.15, 0.2) is 0 Å². The highest BCUT2D eigenvalue weighted by Crippen LogP contribution is 2.21. The standard InChI is InChI=1S/C16H16Cl2N2O/c17-12-6-7-13(14(18)10-12)16(21)20-9-8-15(19)11-4-2-1-3-5-11/h1-7,10,15H,8-9,19H2,(H,20,21). The smallest absolute Gasteiger partial charge is 0.252 e. The van der Waals surface area contributed by atoms with Crippen molar-refractivity contribution in [2.45, 2.75) is 12.5 Å². The molecular formula is C16H16Cl2N2O. The van der Waals surface area contributed by atoms with Crippen LogP contribution >= 0.6 is 23.2 Å². The van der Waals surface area contributed by atoms with Gasteiger partial charge in [0.05, 0.1) is 10.6 Å². The van der Waals surface area contributed by atoms with Crippen LogP contribution in [-0.4, -0.2) is 12.5 Å². The fourth-order valence-corrected chi connectivity index (χ4v) is 2.47. The zero-order chi connectivity index (χ0) is 15.2. The maximum Gasteiger partial charge on any atom is 0.252 e. The van der Waals surface area contributed by atoms with Crippen LogP contribution in [0.5, 0.6) is 0 Å². The van der Waals surface area contributed by atoms with Crippen molar-refractivity contribution in [1.82, 2.24) is 5.32 Å². The monoisotopic (exact) mass is 322 g/mol. The third kappa shape index (κ3) is 4.46. The first kappa shape index (κ1) is 15.8. The zero-order valence-corrected chi connectivity index (χ0v) is 12.9. The molecule has 2 aromatic carbocycles. The molecule has 0 bridgehead atoms. The van der Waals surface area contributed by atoms with E-state index in [0.29, 0.717) is 28.6 Å². The summed E-state index contributed by atoms with van der Waals surface area (Å²) >= 11 is 11.8. The lowest BCUT2D eigenvalue weighted by molar-refractivity contribution is 0.0952. The van der Waals surface area contributed by atoms with Gasteiger partial charge in [-0.25, -0.2) is 0 Å². The Kier molecular flexibility index (Phi) is 5.62. The van der Waals surface area contributed by atoms with Crippen molar-refractivity contribution in [1.29, 1.82) is 0 Å². The lowest BCUT2D eigenvalue weighted by atomic mass is 10.1. The fraction of sp³-hybridized carbons (Fsp3) is 0.188. The van der Waals surface area contributed by atoms with Crippen LogP contribution < -0.4 is 11.1 Å². The Morgan fingerprint density at radius 3 is 2.52 bits per heavy atom. The van der Waals surface area contributed by atoms with Crippen LogP contribution in [0.3, 0.4) is 0 Å². The minimum atomic E-state index is -0.225. The van der Waals surface area contributed by atoms with Crippen molar-refractivity contribution in [2.75, 3.05) is 6.54 Å². The van der Waals surface area contributed by atoms with Crippen LogP contribution in [0.1, 0.15) is 28.4 Å². The number of carbonyl (C=O) groups is 1. The highest BCUT2D eigenvalue weighted by molar-refractivity contribution is 6.36. The van der Waals surface area contributed by atoms with Crippen molar-refractivity contribution in [3.8, 4) is 0 Å². The molecule has 21 heavy (non-hydrogen) atoms. The molecule has 110 valence electrons. The van der Waals surface area contributed by atoms with Gasteiger partial charge in [-0.2, -0.15) is 0 Å². The number of benzene rings is 2. The molecule has 0 fully saturated rings. The molecule has 1 amide bonds. The van der Waals surface area contributed by atoms with Crippen molar-refractivity contribution >= 4 is 29.1 Å². The van der Waals surface area contributed by atoms with Gasteiger partial charge in [-0.3, -0.25) is 4.79 Å². The van der Waals surface area contributed by atoms with E-state index >= 15 is 0 Å². The lowest BCUT2D eigenvalue weighted by Crippen LogP contribution is -2.27. The fourth-order valence-electron chi connectivity index (χ4n) is 1.98. The summed E-state index contributed by atoms with van der Waals surface area (Å²) < 4.78 is 0. The van der Waals surface area contributed by atoms with Gasteiger partial charge < -0.3 is 11.1 Å².